The first-order chi connectivity index (χ1) is 10.9. The van der Waals surface area contributed by atoms with Crippen LogP contribution in [0.4, 0.5) is 0 Å². The van der Waals surface area contributed by atoms with Crippen LogP contribution in [0.1, 0.15) is 24.8 Å². The second kappa shape index (κ2) is 4.83. The lowest BCUT2D eigenvalue weighted by Gasteiger charge is -2.12. The number of benzene rings is 1. The van der Waals surface area contributed by atoms with Gasteiger partial charge in [0.2, 0.25) is 15.2 Å². The molecule has 0 spiro atoms. The van der Waals surface area contributed by atoms with E-state index in [-0.39, 0.29) is 10.4 Å². The van der Waals surface area contributed by atoms with Crippen molar-refractivity contribution in [2.75, 3.05) is 0 Å². The molecule has 2 aromatic heterocycles. The average molecular weight is 349 g/mol. The molecule has 9 heteroatoms. The van der Waals surface area contributed by atoms with Gasteiger partial charge in [0.05, 0.1) is 15.9 Å². The molecular formula is C14H15N5O2S2. The van der Waals surface area contributed by atoms with Gasteiger partial charge in [-0.15, -0.1) is 10.2 Å². The first kappa shape index (κ1) is 14.7. The highest BCUT2D eigenvalue weighted by atomic mass is 32.2. The lowest BCUT2D eigenvalue weighted by Crippen LogP contribution is -2.34. The molecule has 1 fully saturated rings. The minimum absolute atomic E-state index is 0.237. The van der Waals surface area contributed by atoms with Gasteiger partial charge in [0.25, 0.3) is 0 Å². The van der Waals surface area contributed by atoms with E-state index in [0.717, 1.165) is 23.4 Å². The Morgan fingerprint density at radius 1 is 1.30 bits per heavy atom. The van der Waals surface area contributed by atoms with E-state index in [2.05, 4.69) is 19.9 Å². The number of nitrogens with one attached hydrogen (secondary N) is 1. The molecule has 0 amide bonds. The summed E-state index contributed by atoms with van der Waals surface area (Å²) in [5.41, 5.74) is 1.11. The van der Waals surface area contributed by atoms with Crippen LogP contribution in [-0.4, -0.2) is 33.7 Å². The zero-order chi connectivity index (χ0) is 16.2. The van der Waals surface area contributed by atoms with E-state index in [1.54, 1.807) is 29.1 Å². The van der Waals surface area contributed by atoms with Gasteiger partial charge in [-0.3, -0.25) is 4.57 Å². The highest BCUT2D eigenvalue weighted by Crippen LogP contribution is 2.36. The van der Waals surface area contributed by atoms with E-state index in [4.69, 9.17) is 0 Å². The van der Waals surface area contributed by atoms with Gasteiger partial charge < -0.3 is 0 Å². The topological polar surface area (TPSA) is 89.8 Å². The molecule has 1 N–H and O–H groups in total. The maximum Gasteiger partial charge on any atom is 0.241 e. The maximum atomic E-state index is 12.5. The van der Waals surface area contributed by atoms with Gasteiger partial charge in [-0.05, 0) is 44.9 Å². The number of aromatic nitrogens is 4. The van der Waals surface area contributed by atoms with Crippen molar-refractivity contribution in [3.63, 3.8) is 0 Å². The zero-order valence-corrected chi connectivity index (χ0v) is 14.3. The van der Waals surface area contributed by atoms with Crippen molar-refractivity contribution in [3.8, 4) is 5.13 Å². The molecule has 0 unspecified atom stereocenters. The molecule has 120 valence electrons. The van der Waals surface area contributed by atoms with Crippen LogP contribution in [-0.2, 0) is 10.0 Å². The molecule has 1 aliphatic rings. The van der Waals surface area contributed by atoms with Crippen molar-refractivity contribution in [3.05, 3.63) is 29.5 Å². The first-order valence-electron chi connectivity index (χ1n) is 7.18. The third-order valence-corrected chi connectivity index (χ3v) is 6.41. The van der Waals surface area contributed by atoms with Crippen LogP contribution in [0.5, 0.6) is 0 Å². The third-order valence-electron chi connectivity index (χ3n) is 3.93. The molecule has 0 radical (unpaired) electrons. The molecule has 23 heavy (non-hydrogen) atoms. The minimum Gasteiger partial charge on any atom is -0.273 e. The molecule has 2 heterocycles. The molecular weight excluding hydrogens is 334 g/mol. The second-order valence-electron chi connectivity index (χ2n) is 6.03. The number of sulfonamides is 1. The Balaban J connectivity index is 1.81. The van der Waals surface area contributed by atoms with Gasteiger partial charge in [0, 0.05) is 5.54 Å². The first-order valence-corrected chi connectivity index (χ1v) is 9.48. The Hall–Kier alpha value is -1.84. The molecule has 0 bridgehead atoms. The Bertz CT molecular complexity index is 1000. The van der Waals surface area contributed by atoms with Crippen LogP contribution < -0.4 is 4.72 Å². The number of aryl methyl sites for hydroxylation is 1. The summed E-state index contributed by atoms with van der Waals surface area (Å²) in [5, 5.41) is 9.60. The Morgan fingerprint density at radius 2 is 2.09 bits per heavy atom. The van der Waals surface area contributed by atoms with Gasteiger partial charge in [-0.2, -0.15) is 0 Å². The number of rotatable bonds is 4. The second-order valence-corrected chi connectivity index (χ2v) is 8.88. The molecule has 0 saturated heterocycles. The van der Waals surface area contributed by atoms with Crippen LogP contribution in [0.15, 0.2) is 29.4 Å². The van der Waals surface area contributed by atoms with Crippen molar-refractivity contribution in [2.24, 2.45) is 0 Å². The largest absolute Gasteiger partial charge is 0.273 e. The van der Waals surface area contributed by atoms with E-state index in [0.29, 0.717) is 10.6 Å². The van der Waals surface area contributed by atoms with Crippen LogP contribution >= 0.6 is 11.3 Å². The predicted octanol–water partition coefficient (Wildman–Crippen LogP) is 2.02. The summed E-state index contributed by atoms with van der Waals surface area (Å²) < 4.78 is 29.6. The Kier molecular flexibility index (Phi) is 3.09. The van der Waals surface area contributed by atoms with Crippen LogP contribution in [0.2, 0.25) is 0 Å². The van der Waals surface area contributed by atoms with Crippen molar-refractivity contribution < 1.29 is 8.42 Å². The fourth-order valence-electron chi connectivity index (χ4n) is 2.36. The third kappa shape index (κ3) is 2.64. The van der Waals surface area contributed by atoms with Crippen LogP contribution in [0.3, 0.4) is 0 Å². The number of fused-ring (bicyclic) bond motifs is 1. The maximum absolute atomic E-state index is 12.5. The summed E-state index contributed by atoms with van der Waals surface area (Å²) in [6.45, 7) is 3.79. The summed E-state index contributed by atoms with van der Waals surface area (Å²) in [6, 6.07) is 4.93. The van der Waals surface area contributed by atoms with E-state index < -0.39 is 10.0 Å². The fourth-order valence-corrected chi connectivity index (χ4v) is 4.52. The minimum atomic E-state index is -3.54. The SMILES string of the molecule is Cc1nnc(-n2cnc3ccc(S(=O)(=O)NC4(C)CC4)cc32)s1. The van der Waals surface area contributed by atoms with Gasteiger partial charge in [0.15, 0.2) is 0 Å². The summed E-state index contributed by atoms with van der Waals surface area (Å²) in [6.07, 6.45) is 3.38. The van der Waals surface area contributed by atoms with Crippen molar-refractivity contribution in [1.82, 2.24) is 24.5 Å². The number of hydrogen-bond acceptors (Lipinski definition) is 6. The molecule has 3 aromatic rings. The summed E-state index contributed by atoms with van der Waals surface area (Å²) >= 11 is 1.43. The van der Waals surface area contributed by atoms with Crippen LogP contribution in [0.25, 0.3) is 16.2 Å². The van der Waals surface area contributed by atoms with E-state index in [1.807, 2.05) is 13.8 Å². The summed E-state index contributed by atoms with van der Waals surface area (Å²) in [5.74, 6) is 0. The average Bonchev–Trinajstić information content (AvgIpc) is 2.89. The standard InChI is InChI=1S/C14H15N5O2S2/c1-9-16-17-13(22-9)19-8-15-11-4-3-10(7-12(11)19)23(20,21)18-14(2)5-6-14/h3-4,7-8,18H,5-6H2,1-2H3. The highest BCUT2D eigenvalue weighted by molar-refractivity contribution is 7.89. The number of imidazole rings is 1. The quantitative estimate of drug-likeness (QED) is 0.778. The van der Waals surface area contributed by atoms with Gasteiger partial charge >= 0.3 is 0 Å². The molecule has 0 atom stereocenters. The van der Waals surface area contributed by atoms with E-state index in [1.165, 1.54) is 11.3 Å². The van der Waals surface area contributed by atoms with Crippen molar-refractivity contribution in [2.45, 2.75) is 37.1 Å². The monoisotopic (exact) mass is 349 g/mol. The number of hydrogen-bond donors (Lipinski definition) is 1. The fraction of sp³-hybridized carbons (Fsp3) is 0.357. The van der Waals surface area contributed by atoms with Gasteiger partial charge in [-0.1, -0.05) is 11.3 Å². The summed E-state index contributed by atoms with van der Waals surface area (Å²) in [4.78, 5) is 4.54. The molecule has 1 aromatic carbocycles. The number of nitrogens with zero attached hydrogens (tertiary/aromatic N) is 4. The lowest BCUT2D eigenvalue weighted by atomic mass is 10.3. The normalized spacial score (nSPS) is 16.8. The van der Waals surface area contributed by atoms with E-state index >= 15 is 0 Å². The molecule has 1 saturated carbocycles. The van der Waals surface area contributed by atoms with Gasteiger partial charge in [0.1, 0.15) is 11.3 Å². The van der Waals surface area contributed by atoms with Crippen molar-refractivity contribution >= 4 is 32.4 Å². The van der Waals surface area contributed by atoms with E-state index in [9.17, 15) is 8.42 Å². The molecule has 7 nitrogen and oxygen atoms in total. The summed E-state index contributed by atoms with van der Waals surface area (Å²) in [7, 11) is -3.54. The van der Waals surface area contributed by atoms with Crippen LogP contribution in [0, 0.1) is 6.92 Å². The molecule has 4 rings (SSSR count). The molecule has 0 aliphatic heterocycles. The molecule has 1 aliphatic carbocycles. The lowest BCUT2D eigenvalue weighted by molar-refractivity contribution is 0.558. The Labute approximate surface area is 137 Å². The highest BCUT2D eigenvalue weighted by Gasteiger charge is 2.41. The smallest absolute Gasteiger partial charge is 0.241 e. The van der Waals surface area contributed by atoms with Crippen molar-refractivity contribution in [1.29, 1.82) is 0 Å². The predicted molar refractivity (Wildman–Crippen MR) is 87.2 cm³/mol. The Morgan fingerprint density at radius 3 is 2.74 bits per heavy atom. The zero-order valence-electron chi connectivity index (χ0n) is 12.6. The van der Waals surface area contributed by atoms with Gasteiger partial charge in [-0.25, -0.2) is 18.1 Å².